The number of aryl methyl sites for hydroxylation is 1. The summed E-state index contributed by atoms with van der Waals surface area (Å²) in [7, 11) is 0. The van der Waals surface area contributed by atoms with Gasteiger partial charge >= 0.3 is 0 Å². The molecule has 4 rings (SSSR count). The highest BCUT2D eigenvalue weighted by molar-refractivity contribution is 5.94. The summed E-state index contributed by atoms with van der Waals surface area (Å²) >= 11 is 0. The van der Waals surface area contributed by atoms with Crippen LogP contribution >= 0.6 is 0 Å². The zero-order chi connectivity index (χ0) is 20.1. The molecule has 0 unspecified atom stereocenters. The molecule has 1 aliphatic rings. The molecule has 1 aromatic heterocycles. The van der Waals surface area contributed by atoms with Gasteiger partial charge in [0.1, 0.15) is 0 Å². The van der Waals surface area contributed by atoms with E-state index >= 15 is 0 Å². The average molecular weight is 387 g/mol. The average Bonchev–Trinajstić information content (AvgIpc) is 3.25. The number of carbonyl (C=O) groups excluding carboxylic acids is 1. The minimum absolute atomic E-state index is 0.0566. The normalized spacial score (nSPS) is 13.8. The topological polar surface area (TPSA) is 68.0 Å². The fraction of sp³-hybridized carbons (Fsp3) is 0.292. The SMILES string of the molecule is Cc1ccc(-c2nnc(-c3ccc(C(=O)NCCC4=CCCCC4)cc3)o2)cc1. The van der Waals surface area contributed by atoms with Crippen LogP contribution in [0.15, 0.2) is 64.6 Å². The highest BCUT2D eigenvalue weighted by Gasteiger charge is 2.12. The van der Waals surface area contributed by atoms with E-state index in [1.54, 1.807) is 12.1 Å². The van der Waals surface area contributed by atoms with Gasteiger partial charge in [-0.2, -0.15) is 0 Å². The molecule has 29 heavy (non-hydrogen) atoms. The van der Waals surface area contributed by atoms with Crippen molar-refractivity contribution in [2.75, 3.05) is 6.54 Å². The second-order valence-corrected chi connectivity index (χ2v) is 7.47. The quantitative estimate of drug-likeness (QED) is 0.580. The van der Waals surface area contributed by atoms with Crippen molar-refractivity contribution < 1.29 is 9.21 Å². The standard InChI is InChI=1S/C24H25N3O2/c1-17-7-9-20(10-8-17)23-26-27-24(29-23)21-13-11-19(12-14-21)22(28)25-16-15-18-5-3-2-4-6-18/h5,7-14H,2-4,6,15-16H2,1H3,(H,25,28). The molecule has 5 heteroatoms. The summed E-state index contributed by atoms with van der Waals surface area (Å²) in [5.74, 6) is 0.870. The van der Waals surface area contributed by atoms with E-state index in [9.17, 15) is 4.79 Å². The smallest absolute Gasteiger partial charge is 0.251 e. The van der Waals surface area contributed by atoms with Crippen LogP contribution in [0.4, 0.5) is 0 Å². The monoisotopic (exact) mass is 387 g/mol. The minimum atomic E-state index is -0.0566. The van der Waals surface area contributed by atoms with E-state index in [-0.39, 0.29) is 5.91 Å². The van der Waals surface area contributed by atoms with Gasteiger partial charge in [-0.1, -0.05) is 29.3 Å². The van der Waals surface area contributed by atoms with Crippen LogP contribution in [0.3, 0.4) is 0 Å². The Morgan fingerprint density at radius 3 is 2.24 bits per heavy atom. The third kappa shape index (κ3) is 4.80. The van der Waals surface area contributed by atoms with Crippen molar-refractivity contribution in [2.24, 2.45) is 0 Å². The van der Waals surface area contributed by atoms with Crippen LogP contribution in [0.1, 0.15) is 48.0 Å². The van der Waals surface area contributed by atoms with Crippen molar-refractivity contribution in [1.29, 1.82) is 0 Å². The first kappa shape index (κ1) is 19.1. The number of nitrogens with one attached hydrogen (secondary N) is 1. The van der Waals surface area contributed by atoms with Crippen LogP contribution < -0.4 is 5.32 Å². The number of allylic oxidation sites excluding steroid dienone is 1. The molecule has 5 nitrogen and oxygen atoms in total. The van der Waals surface area contributed by atoms with E-state index < -0.39 is 0 Å². The molecule has 0 atom stereocenters. The van der Waals surface area contributed by atoms with Crippen molar-refractivity contribution in [3.05, 3.63) is 71.3 Å². The third-order valence-corrected chi connectivity index (χ3v) is 5.23. The first-order chi connectivity index (χ1) is 14.2. The fourth-order valence-corrected chi connectivity index (χ4v) is 3.49. The fourth-order valence-electron chi connectivity index (χ4n) is 3.49. The highest BCUT2D eigenvalue weighted by atomic mass is 16.4. The van der Waals surface area contributed by atoms with Crippen molar-refractivity contribution >= 4 is 5.91 Å². The maximum Gasteiger partial charge on any atom is 0.251 e. The lowest BCUT2D eigenvalue weighted by molar-refractivity contribution is 0.0954. The van der Waals surface area contributed by atoms with Crippen molar-refractivity contribution in [3.8, 4) is 22.9 Å². The molecule has 1 heterocycles. The number of benzene rings is 2. The van der Waals surface area contributed by atoms with Crippen LogP contribution in [0.5, 0.6) is 0 Å². The van der Waals surface area contributed by atoms with Crippen LogP contribution in [-0.2, 0) is 0 Å². The number of amides is 1. The summed E-state index contributed by atoms with van der Waals surface area (Å²) in [5, 5.41) is 11.3. The molecular weight excluding hydrogens is 362 g/mol. The Hall–Kier alpha value is -3.21. The van der Waals surface area contributed by atoms with E-state index in [1.165, 1.54) is 36.8 Å². The molecule has 148 valence electrons. The summed E-state index contributed by atoms with van der Waals surface area (Å²) in [6, 6.07) is 15.2. The lowest BCUT2D eigenvalue weighted by atomic mass is 9.97. The van der Waals surface area contributed by atoms with Crippen LogP contribution in [-0.4, -0.2) is 22.6 Å². The predicted molar refractivity (Wildman–Crippen MR) is 113 cm³/mol. The zero-order valence-electron chi connectivity index (χ0n) is 16.6. The maximum atomic E-state index is 12.4. The summed E-state index contributed by atoms with van der Waals surface area (Å²) in [5.41, 5.74) is 4.95. The number of hydrogen-bond acceptors (Lipinski definition) is 4. The van der Waals surface area contributed by atoms with Gasteiger partial charge in [-0.15, -0.1) is 10.2 Å². The van der Waals surface area contributed by atoms with Crippen LogP contribution in [0.2, 0.25) is 0 Å². The molecule has 0 saturated heterocycles. The Bertz CT molecular complexity index is 1000. The van der Waals surface area contributed by atoms with E-state index in [4.69, 9.17) is 4.42 Å². The van der Waals surface area contributed by atoms with E-state index in [1.807, 2.05) is 43.3 Å². The van der Waals surface area contributed by atoms with Gasteiger partial charge in [-0.05, 0) is 75.4 Å². The van der Waals surface area contributed by atoms with E-state index in [2.05, 4.69) is 21.6 Å². The Morgan fingerprint density at radius 1 is 0.966 bits per heavy atom. The molecule has 2 aromatic carbocycles. The summed E-state index contributed by atoms with van der Waals surface area (Å²) in [6.07, 6.45) is 8.15. The third-order valence-electron chi connectivity index (χ3n) is 5.23. The van der Waals surface area contributed by atoms with Gasteiger partial charge in [0, 0.05) is 23.2 Å². The molecule has 0 saturated carbocycles. The van der Waals surface area contributed by atoms with Gasteiger partial charge in [0.15, 0.2) is 0 Å². The molecular formula is C24H25N3O2. The van der Waals surface area contributed by atoms with E-state index in [0.29, 0.717) is 23.9 Å². The first-order valence-electron chi connectivity index (χ1n) is 10.2. The number of hydrogen-bond donors (Lipinski definition) is 1. The van der Waals surface area contributed by atoms with Gasteiger partial charge in [0.05, 0.1) is 0 Å². The van der Waals surface area contributed by atoms with Gasteiger partial charge < -0.3 is 9.73 Å². The van der Waals surface area contributed by atoms with Crippen LogP contribution in [0.25, 0.3) is 22.9 Å². The molecule has 1 amide bonds. The van der Waals surface area contributed by atoms with Crippen molar-refractivity contribution in [2.45, 2.75) is 39.0 Å². The Kier molecular flexibility index (Phi) is 5.84. The maximum absolute atomic E-state index is 12.4. The molecule has 0 bridgehead atoms. The van der Waals surface area contributed by atoms with Gasteiger partial charge in [0.25, 0.3) is 5.91 Å². The van der Waals surface area contributed by atoms with Crippen molar-refractivity contribution in [1.82, 2.24) is 15.5 Å². The number of nitrogens with zero attached hydrogens (tertiary/aromatic N) is 2. The Balaban J connectivity index is 1.37. The predicted octanol–water partition coefficient (Wildman–Crippen LogP) is 5.33. The number of rotatable bonds is 6. The van der Waals surface area contributed by atoms with Gasteiger partial charge in [-0.25, -0.2) is 0 Å². The summed E-state index contributed by atoms with van der Waals surface area (Å²) < 4.78 is 5.80. The first-order valence-corrected chi connectivity index (χ1v) is 10.2. The molecule has 1 N–H and O–H groups in total. The Labute approximate surface area is 170 Å². The number of aromatic nitrogens is 2. The molecule has 0 spiro atoms. The zero-order valence-corrected chi connectivity index (χ0v) is 16.6. The second kappa shape index (κ2) is 8.86. The van der Waals surface area contributed by atoms with E-state index in [0.717, 1.165) is 17.5 Å². The molecule has 0 radical (unpaired) electrons. The van der Waals surface area contributed by atoms with Gasteiger partial charge in [0.2, 0.25) is 11.8 Å². The van der Waals surface area contributed by atoms with Crippen molar-refractivity contribution in [3.63, 3.8) is 0 Å². The summed E-state index contributed by atoms with van der Waals surface area (Å²) in [4.78, 5) is 12.4. The number of carbonyl (C=O) groups is 1. The second-order valence-electron chi connectivity index (χ2n) is 7.47. The Morgan fingerprint density at radius 2 is 1.62 bits per heavy atom. The van der Waals surface area contributed by atoms with Crippen LogP contribution in [0, 0.1) is 6.92 Å². The molecule has 3 aromatic rings. The molecule has 1 aliphatic carbocycles. The lowest BCUT2D eigenvalue weighted by Crippen LogP contribution is -2.24. The lowest BCUT2D eigenvalue weighted by Gasteiger charge is -2.13. The van der Waals surface area contributed by atoms with Gasteiger partial charge in [-0.3, -0.25) is 4.79 Å². The molecule has 0 fully saturated rings. The highest BCUT2D eigenvalue weighted by Crippen LogP contribution is 2.24. The largest absolute Gasteiger partial charge is 0.416 e. The summed E-state index contributed by atoms with van der Waals surface area (Å²) in [6.45, 7) is 2.71. The molecule has 0 aliphatic heterocycles. The minimum Gasteiger partial charge on any atom is -0.416 e.